The molecule has 0 aliphatic rings. The Labute approximate surface area is 112 Å². The molecule has 0 saturated heterocycles. The van der Waals surface area contributed by atoms with Gasteiger partial charge in [0.05, 0.1) is 8.80 Å². The van der Waals surface area contributed by atoms with E-state index in [4.69, 9.17) is 0 Å². The van der Waals surface area contributed by atoms with Gasteiger partial charge in [-0.2, -0.15) is 0 Å². The quantitative estimate of drug-likeness (QED) is 0.552. The summed E-state index contributed by atoms with van der Waals surface area (Å²) in [5, 5.41) is 4.19. The second-order valence-electron chi connectivity index (χ2n) is 6.96. The summed E-state index contributed by atoms with van der Waals surface area (Å²) in [7, 11) is -1.14. The highest BCUT2D eigenvalue weighted by Crippen LogP contribution is 2.27. The van der Waals surface area contributed by atoms with Gasteiger partial charge in [-0.05, 0) is 38.0 Å². The molecule has 0 heterocycles. The first-order chi connectivity index (χ1) is 7.73. The smallest absolute Gasteiger partial charge is 0.0813 e. The topological polar surface area (TPSA) is 12.0 Å². The molecule has 0 amide bonds. The van der Waals surface area contributed by atoms with Crippen LogP contribution in [0.25, 0.3) is 0 Å². The predicted molar refractivity (Wildman–Crippen MR) is 87.5 cm³/mol. The second kappa shape index (κ2) is 8.27. The molecular weight excluding hydrogens is 238 g/mol. The normalized spacial score (nSPS) is 13.9. The molecular formula is C14H33NSi2. The average molecular weight is 272 g/mol. The van der Waals surface area contributed by atoms with Gasteiger partial charge in [0.15, 0.2) is 0 Å². The van der Waals surface area contributed by atoms with Gasteiger partial charge in [-0.25, -0.2) is 0 Å². The zero-order valence-corrected chi connectivity index (χ0v) is 15.4. The average Bonchev–Trinajstić information content (AvgIpc) is 2.12. The van der Waals surface area contributed by atoms with E-state index in [9.17, 15) is 0 Å². The molecule has 1 atom stereocenters. The largest absolute Gasteiger partial charge is 0.319 e. The summed E-state index contributed by atoms with van der Waals surface area (Å²) in [4.78, 5) is 0. The van der Waals surface area contributed by atoms with E-state index in [1.807, 2.05) is 0 Å². The molecule has 0 bridgehead atoms. The molecule has 0 radical (unpaired) electrons. The van der Waals surface area contributed by atoms with Crippen LogP contribution in [0.15, 0.2) is 11.3 Å². The summed E-state index contributed by atoms with van der Waals surface area (Å²) >= 11 is 0. The van der Waals surface area contributed by atoms with Gasteiger partial charge in [0.2, 0.25) is 0 Å². The Morgan fingerprint density at radius 1 is 1.18 bits per heavy atom. The fraction of sp³-hybridized carbons (Fsp3) is 0.857. The highest BCUT2D eigenvalue weighted by atomic mass is 28.3. The van der Waals surface area contributed by atoms with Crippen molar-refractivity contribution in [2.24, 2.45) is 0 Å². The Morgan fingerprint density at radius 3 is 2.18 bits per heavy atom. The van der Waals surface area contributed by atoms with Crippen LogP contribution in [0.2, 0.25) is 24.2 Å². The van der Waals surface area contributed by atoms with Crippen molar-refractivity contribution in [2.45, 2.75) is 65.2 Å². The van der Waals surface area contributed by atoms with Crippen molar-refractivity contribution in [1.29, 1.82) is 0 Å². The molecule has 1 nitrogen and oxygen atoms in total. The van der Waals surface area contributed by atoms with Gasteiger partial charge in [0, 0.05) is 8.80 Å². The molecule has 0 aromatic heterocycles. The first kappa shape index (κ1) is 17.1. The van der Waals surface area contributed by atoms with E-state index < -0.39 is 8.80 Å². The number of nitrogens with one attached hydrogen (secondary N) is 1. The lowest BCUT2D eigenvalue weighted by atomic mass is 10.2. The predicted octanol–water partition coefficient (Wildman–Crippen LogP) is 3.52. The molecule has 0 aliphatic carbocycles. The third kappa shape index (κ3) is 9.80. The van der Waals surface area contributed by atoms with Gasteiger partial charge in [-0.1, -0.05) is 51.2 Å². The maximum absolute atomic E-state index is 3.69. The van der Waals surface area contributed by atoms with E-state index in [-0.39, 0.29) is 8.80 Å². The van der Waals surface area contributed by atoms with Crippen LogP contribution in [0.5, 0.6) is 0 Å². The summed E-state index contributed by atoms with van der Waals surface area (Å²) in [6.07, 6.45) is 2.64. The van der Waals surface area contributed by atoms with Crippen LogP contribution in [-0.2, 0) is 0 Å². The van der Waals surface area contributed by atoms with E-state index in [1.165, 1.54) is 30.8 Å². The molecule has 0 rings (SSSR count). The lowest BCUT2D eigenvalue weighted by Crippen LogP contribution is -2.37. The van der Waals surface area contributed by atoms with E-state index in [2.05, 4.69) is 58.7 Å². The Kier molecular flexibility index (Phi) is 8.34. The molecule has 0 saturated carbocycles. The van der Waals surface area contributed by atoms with Crippen molar-refractivity contribution in [3.8, 4) is 0 Å². The Balaban J connectivity index is 3.99. The molecule has 0 aromatic rings. The summed E-state index contributed by atoms with van der Waals surface area (Å²) in [5.41, 5.74) is 4.05. The lowest BCUT2D eigenvalue weighted by Gasteiger charge is -2.27. The lowest BCUT2D eigenvalue weighted by molar-refractivity contribution is 0.696. The van der Waals surface area contributed by atoms with Crippen LogP contribution in [0.1, 0.15) is 41.0 Å². The fourth-order valence-electron chi connectivity index (χ4n) is 1.91. The highest BCUT2D eigenvalue weighted by Gasteiger charge is 2.23. The molecule has 102 valence electrons. The van der Waals surface area contributed by atoms with Crippen molar-refractivity contribution in [2.75, 3.05) is 12.7 Å². The van der Waals surface area contributed by atoms with Crippen LogP contribution < -0.4 is 5.32 Å². The molecule has 0 aromatic carbocycles. The molecule has 1 N–H and O–H groups in total. The summed E-state index contributed by atoms with van der Waals surface area (Å²) in [6, 6.07) is 1.48. The monoisotopic (exact) mass is 271 g/mol. The van der Waals surface area contributed by atoms with Crippen LogP contribution in [0, 0.1) is 0 Å². The van der Waals surface area contributed by atoms with E-state index in [1.54, 1.807) is 0 Å². The zero-order valence-electron chi connectivity index (χ0n) is 13.1. The molecule has 1 unspecified atom stereocenters. The minimum Gasteiger partial charge on any atom is -0.319 e. The van der Waals surface area contributed by atoms with Gasteiger partial charge in [-0.15, -0.1) is 0 Å². The fourth-order valence-corrected chi connectivity index (χ4v) is 5.48. The Bertz CT molecular complexity index is 225. The second-order valence-corrected chi connectivity index (χ2v) is 14.0. The maximum atomic E-state index is 3.69. The van der Waals surface area contributed by atoms with Gasteiger partial charge >= 0.3 is 0 Å². The van der Waals surface area contributed by atoms with Gasteiger partial charge < -0.3 is 5.32 Å². The first-order valence-electron chi connectivity index (χ1n) is 7.09. The maximum Gasteiger partial charge on any atom is 0.0813 e. The number of hydrogen-bond acceptors (Lipinski definition) is 1. The summed E-state index contributed by atoms with van der Waals surface area (Å²) in [5.74, 6) is 0. The molecule has 0 aliphatic heterocycles. The van der Waals surface area contributed by atoms with Gasteiger partial charge in [0.1, 0.15) is 0 Å². The minimum atomic E-state index is -0.809. The van der Waals surface area contributed by atoms with Crippen molar-refractivity contribution >= 4 is 17.6 Å². The van der Waals surface area contributed by atoms with E-state index in [0.29, 0.717) is 5.04 Å². The summed E-state index contributed by atoms with van der Waals surface area (Å²) < 4.78 is 0. The third-order valence-electron chi connectivity index (χ3n) is 3.15. The standard InChI is InChI=1S/C14H33NSi2/c1-13(2)11-17(14(3,4)5)12-15-9-8-10-16(6)7/h11,15-17H,8-10,12H2,1-7H3. The van der Waals surface area contributed by atoms with E-state index >= 15 is 0 Å². The van der Waals surface area contributed by atoms with Crippen LogP contribution >= 0.6 is 0 Å². The Hall–Kier alpha value is 0.134. The van der Waals surface area contributed by atoms with Gasteiger partial charge in [0.25, 0.3) is 0 Å². The minimum absolute atomic E-state index is 0.335. The number of allylic oxidation sites excluding steroid dienone is 1. The third-order valence-corrected chi connectivity index (χ3v) is 8.73. The SMILES string of the molecule is CC(C)=C[SiH](CNCCC[SiH](C)C)C(C)(C)C. The first-order valence-corrected chi connectivity index (χ1v) is 12.3. The molecule has 17 heavy (non-hydrogen) atoms. The van der Waals surface area contributed by atoms with E-state index in [0.717, 1.165) is 0 Å². The van der Waals surface area contributed by atoms with Crippen molar-refractivity contribution in [3.05, 3.63) is 11.3 Å². The Morgan fingerprint density at radius 2 is 1.76 bits per heavy atom. The van der Waals surface area contributed by atoms with Crippen LogP contribution in [0.4, 0.5) is 0 Å². The number of hydrogen-bond donors (Lipinski definition) is 1. The zero-order chi connectivity index (χ0) is 13.5. The van der Waals surface area contributed by atoms with Crippen molar-refractivity contribution in [3.63, 3.8) is 0 Å². The van der Waals surface area contributed by atoms with Crippen LogP contribution in [-0.4, -0.2) is 30.3 Å². The van der Waals surface area contributed by atoms with Gasteiger partial charge in [-0.3, -0.25) is 0 Å². The van der Waals surface area contributed by atoms with Crippen molar-refractivity contribution in [1.82, 2.24) is 5.32 Å². The number of rotatable bonds is 7. The van der Waals surface area contributed by atoms with Crippen molar-refractivity contribution < 1.29 is 0 Å². The molecule has 3 heteroatoms. The molecule has 0 spiro atoms. The highest BCUT2D eigenvalue weighted by molar-refractivity contribution is 6.67. The summed E-state index contributed by atoms with van der Waals surface area (Å²) in [6.45, 7) is 17.8. The molecule has 0 fully saturated rings. The van der Waals surface area contributed by atoms with Crippen LogP contribution in [0.3, 0.4) is 0 Å².